The number of rotatable bonds is 1. The number of aromatic nitrogens is 3. The SMILES string of the molecule is CC(O)c1nc(C(C)(C)C)n[nH]1. The highest BCUT2D eigenvalue weighted by Crippen LogP contribution is 2.18. The zero-order valence-electron chi connectivity index (χ0n) is 7.92. The summed E-state index contributed by atoms with van der Waals surface area (Å²) < 4.78 is 0. The number of aromatic amines is 1. The standard InChI is InChI=1S/C8H15N3O/c1-5(12)6-9-7(11-10-6)8(2,3)4/h5,12H,1-4H3,(H,9,10,11). The molecule has 0 amide bonds. The maximum atomic E-state index is 9.17. The molecule has 68 valence electrons. The van der Waals surface area contributed by atoms with Gasteiger partial charge in [0, 0.05) is 5.41 Å². The Labute approximate surface area is 72.0 Å². The molecule has 0 aliphatic carbocycles. The molecule has 4 heteroatoms. The van der Waals surface area contributed by atoms with E-state index in [4.69, 9.17) is 5.11 Å². The fourth-order valence-corrected chi connectivity index (χ4v) is 0.797. The van der Waals surface area contributed by atoms with Gasteiger partial charge >= 0.3 is 0 Å². The molecule has 0 bridgehead atoms. The molecule has 1 heterocycles. The van der Waals surface area contributed by atoms with E-state index >= 15 is 0 Å². The highest BCUT2D eigenvalue weighted by Gasteiger charge is 2.20. The Morgan fingerprint density at radius 3 is 2.25 bits per heavy atom. The molecule has 0 aromatic carbocycles. The molecule has 12 heavy (non-hydrogen) atoms. The Hall–Kier alpha value is -0.900. The number of aliphatic hydroxyl groups is 1. The number of nitrogens with one attached hydrogen (secondary N) is 1. The molecule has 2 N–H and O–H groups in total. The van der Waals surface area contributed by atoms with Crippen LogP contribution in [-0.4, -0.2) is 20.3 Å². The molecule has 1 rings (SSSR count). The molecule has 4 nitrogen and oxygen atoms in total. The van der Waals surface area contributed by atoms with Gasteiger partial charge in [-0.25, -0.2) is 4.98 Å². The fourth-order valence-electron chi connectivity index (χ4n) is 0.797. The quantitative estimate of drug-likeness (QED) is 0.663. The highest BCUT2D eigenvalue weighted by molar-refractivity contribution is 5.02. The lowest BCUT2D eigenvalue weighted by atomic mass is 9.96. The van der Waals surface area contributed by atoms with Crippen molar-refractivity contribution in [3.63, 3.8) is 0 Å². The van der Waals surface area contributed by atoms with Crippen molar-refractivity contribution in [1.29, 1.82) is 0 Å². The molecular weight excluding hydrogens is 154 g/mol. The van der Waals surface area contributed by atoms with E-state index in [2.05, 4.69) is 15.2 Å². The molecule has 1 aromatic heterocycles. The number of aliphatic hydroxyl groups excluding tert-OH is 1. The Balaban J connectivity index is 2.92. The van der Waals surface area contributed by atoms with Gasteiger partial charge in [0.1, 0.15) is 6.10 Å². The molecule has 0 aliphatic rings. The zero-order valence-corrected chi connectivity index (χ0v) is 7.92. The van der Waals surface area contributed by atoms with Crippen LogP contribution in [0.3, 0.4) is 0 Å². The fraction of sp³-hybridized carbons (Fsp3) is 0.750. The van der Waals surface area contributed by atoms with Crippen LogP contribution >= 0.6 is 0 Å². The van der Waals surface area contributed by atoms with Gasteiger partial charge in [0.25, 0.3) is 0 Å². The minimum atomic E-state index is -0.575. The van der Waals surface area contributed by atoms with E-state index in [-0.39, 0.29) is 5.41 Å². The molecular formula is C8H15N3O. The van der Waals surface area contributed by atoms with Crippen molar-refractivity contribution in [2.45, 2.75) is 39.2 Å². The zero-order chi connectivity index (χ0) is 9.35. The van der Waals surface area contributed by atoms with Crippen molar-refractivity contribution < 1.29 is 5.11 Å². The first-order valence-electron chi connectivity index (χ1n) is 4.02. The third-order valence-corrected chi connectivity index (χ3v) is 1.57. The summed E-state index contributed by atoms with van der Waals surface area (Å²) in [6.45, 7) is 7.75. The van der Waals surface area contributed by atoms with Crippen LogP contribution in [0, 0.1) is 0 Å². The van der Waals surface area contributed by atoms with Gasteiger partial charge in [-0.15, -0.1) is 0 Å². The lowest BCUT2D eigenvalue weighted by Crippen LogP contribution is -2.13. The van der Waals surface area contributed by atoms with Crippen LogP contribution in [0.2, 0.25) is 0 Å². The molecule has 0 saturated carbocycles. The average molecular weight is 169 g/mol. The van der Waals surface area contributed by atoms with Crippen molar-refractivity contribution in [3.05, 3.63) is 11.6 Å². The maximum Gasteiger partial charge on any atom is 0.156 e. The predicted octanol–water partition coefficient (Wildman–Crippen LogP) is 1.16. The molecule has 0 radical (unpaired) electrons. The van der Waals surface area contributed by atoms with Crippen molar-refractivity contribution in [2.75, 3.05) is 0 Å². The monoisotopic (exact) mass is 169 g/mol. The van der Waals surface area contributed by atoms with E-state index in [9.17, 15) is 0 Å². The minimum Gasteiger partial charge on any atom is -0.385 e. The van der Waals surface area contributed by atoms with Crippen LogP contribution in [0.5, 0.6) is 0 Å². The normalized spacial score (nSPS) is 14.8. The summed E-state index contributed by atoms with van der Waals surface area (Å²) in [5.41, 5.74) is -0.0658. The molecule has 1 aromatic rings. The Morgan fingerprint density at radius 1 is 1.42 bits per heavy atom. The van der Waals surface area contributed by atoms with E-state index < -0.39 is 6.10 Å². The summed E-state index contributed by atoms with van der Waals surface area (Å²) in [6.07, 6.45) is -0.575. The summed E-state index contributed by atoms with van der Waals surface area (Å²) in [7, 11) is 0. The van der Waals surface area contributed by atoms with Crippen LogP contribution in [0.15, 0.2) is 0 Å². The molecule has 0 aliphatic heterocycles. The topological polar surface area (TPSA) is 61.8 Å². The molecule has 1 atom stereocenters. The van der Waals surface area contributed by atoms with E-state index in [1.807, 2.05) is 20.8 Å². The van der Waals surface area contributed by atoms with E-state index in [0.717, 1.165) is 5.82 Å². The van der Waals surface area contributed by atoms with Gasteiger partial charge in [0.05, 0.1) is 0 Å². The lowest BCUT2D eigenvalue weighted by molar-refractivity contribution is 0.189. The number of hydrogen-bond donors (Lipinski definition) is 2. The van der Waals surface area contributed by atoms with Crippen molar-refractivity contribution in [1.82, 2.24) is 15.2 Å². The van der Waals surface area contributed by atoms with Gasteiger partial charge in [-0.05, 0) is 6.92 Å². The first-order valence-corrected chi connectivity index (χ1v) is 4.02. The van der Waals surface area contributed by atoms with Crippen molar-refractivity contribution in [3.8, 4) is 0 Å². The van der Waals surface area contributed by atoms with Gasteiger partial charge in [0.2, 0.25) is 0 Å². The van der Waals surface area contributed by atoms with Crippen molar-refractivity contribution >= 4 is 0 Å². The minimum absolute atomic E-state index is 0.0658. The predicted molar refractivity (Wildman–Crippen MR) is 45.7 cm³/mol. The molecule has 0 saturated heterocycles. The first kappa shape index (κ1) is 9.19. The summed E-state index contributed by atoms with van der Waals surface area (Å²) in [4.78, 5) is 4.16. The van der Waals surface area contributed by atoms with Crippen LogP contribution < -0.4 is 0 Å². The summed E-state index contributed by atoms with van der Waals surface area (Å²) in [6, 6.07) is 0. The van der Waals surface area contributed by atoms with Crippen LogP contribution in [0.25, 0.3) is 0 Å². The van der Waals surface area contributed by atoms with Gasteiger partial charge in [-0.2, -0.15) is 5.10 Å². The second kappa shape index (κ2) is 2.86. The Bertz CT molecular complexity index is 260. The smallest absolute Gasteiger partial charge is 0.156 e. The van der Waals surface area contributed by atoms with Crippen molar-refractivity contribution in [2.24, 2.45) is 0 Å². The second-order valence-electron chi connectivity index (χ2n) is 3.97. The summed E-state index contributed by atoms with van der Waals surface area (Å²) in [5, 5.41) is 15.9. The molecule has 1 unspecified atom stereocenters. The summed E-state index contributed by atoms with van der Waals surface area (Å²) in [5.74, 6) is 1.26. The third-order valence-electron chi connectivity index (χ3n) is 1.57. The van der Waals surface area contributed by atoms with Gasteiger partial charge in [-0.3, -0.25) is 5.10 Å². The maximum absolute atomic E-state index is 9.17. The van der Waals surface area contributed by atoms with E-state index in [1.54, 1.807) is 6.92 Å². The second-order valence-corrected chi connectivity index (χ2v) is 3.97. The van der Waals surface area contributed by atoms with Gasteiger partial charge < -0.3 is 5.11 Å². The lowest BCUT2D eigenvalue weighted by Gasteiger charge is -2.11. The number of hydrogen-bond acceptors (Lipinski definition) is 3. The van der Waals surface area contributed by atoms with E-state index in [0.29, 0.717) is 5.82 Å². The van der Waals surface area contributed by atoms with Crippen LogP contribution in [-0.2, 0) is 5.41 Å². The first-order chi connectivity index (χ1) is 5.41. The average Bonchev–Trinajstić information content (AvgIpc) is 2.30. The molecule has 0 spiro atoms. The number of nitrogens with zero attached hydrogens (tertiary/aromatic N) is 2. The van der Waals surface area contributed by atoms with Gasteiger partial charge in [-0.1, -0.05) is 20.8 Å². The van der Waals surface area contributed by atoms with E-state index in [1.165, 1.54) is 0 Å². The van der Waals surface area contributed by atoms with Crippen LogP contribution in [0.4, 0.5) is 0 Å². The highest BCUT2D eigenvalue weighted by atomic mass is 16.3. The molecule has 0 fully saturated rings. The van der Waals surface area contributed by atoms with Crippen LogP contribution in [0.1, 0.15) is 45.4 Å². The Morgan fingerprint density at radius 2 is 2.00 bits per heavy atom. The Kier molecular flexibility index (Phi) is 2.19. The number of H-pyrrole nitrogens is 1. The third kappa shape index (κ3) is 1.82. The summed E-state index contributed by atoms with van der Waals surface area (Å²) >= 11 is 0. The largest absolute Gasteiger partial charge is 0.385 e. The van der Waals surface area contributed by atoms with Gasteiger partial charge in [0.15, 0.2) is 11.6 Å².